The Morgan fingerprint density at radius 1 is 1.19 bits per heavy atom. The van der Waals surface area contributed by atoms with E-state index in [9.17, 15) is 18.0 Å². The zero-order valence-corrected chi connectivity index (χ0v) is 11.4. The Bertz CT molecular complexity index is 540. The molecule has 1 aromatic carbocycles. The fourth-order valence-electron chi connectivity index (χ4n) is 1.43. The minimum absolute atomic E-state index is 0.0259. The summed E-state index contributed by atoms with van der Waals surface area (Å²) in [6.45, 7) is 1.55. The van der Waals surface area contributed by atoms with E-state index in [0.717, 1.165) is 11.6 Å². The van der Waals surface area contributed by atoms with Gasteiger partial charge in [-0.25, -0.2) is 4.79 Å². The number of benzene rings is 1. The summed E-state index contributed by atoms with van der Waals surface area (Å²) in [6.07, 6.45) is 1.02. The molecule has 0 radical (unpaired) electrons. The third-order valence-corrected chi connectivity index (χ3v) is 2.36. The van der Waals surface area contributed by atoms with Crippen LogP contribution in [0.25, 0.3) is 6.08 Å². The van der Waals surface area contributed by atoms with Crippen molar-refractivity contribution < 1.29 is 22.7 Å². The molecule has 0 saturated carbocycles. The highest BCUT2D eigenvalue weighted by molar-refractivity contribution is 5.83. The zero-order chi connectivity index (χ0) is 15.7. The van der Waals surface area contributed by atoms with Crippen LogP contribution in [0.2, 0.25) is 0 Å². The molecule has 112 valence electrons. The van der Waals surface area contributed by atoms with Crippen molar-refractivity contribution in [2.45, 2.75) is 13.1 Å². The van der Waals surface area contributed by atoms with Crippen LogP contribution in [0, 0.1) is 0 Å². The second-order valence-corrected chi connectivity index (χ2v) is 3.98. The fourth-order valence-corrected chi connectivity index (χ4v) is 1.43. The molecule has 0 N–H and O–H groups in total. The molecule has 0 atom stereocenters. The number of ether oxygens (including phenoxy) is 1. The van der Waals surface area contributed by atoms with Gasteiger partial charge in [-0.3, -0.25) is 0 Å². The van der Waals surface area contributed by atoms with Gasteiger partial charge in [0.2, 0.25) is 0 Å². The van der Waals surface area contributed by atoms with E-state index in [0.29, 0.717) is 6.08 Å². The lowest BCUT2D eigenvalue weighted by molar-refractivity contribution is -0.138. The largest absolute Gasteiger partial charge is 0.463 e. The quantitative estimate of drug-likeness (QED) is 0.460. The van der Waals surface area contributed by atoms with Crippen molar-refractivity contribution in [1.82, 2.24) is 0 Å². The number of rotatable bonds is 5. The molecule has 0 aliphatic heterocycles. The molecular weight excluding hydrogens is 281 g/mol. The standard InChI is InChI=1S/C16H15F3O2/c1-2-21-15(20)12-14(16(17,18)19)11-7-6-10-13-8-4-3-5-9-13/h3-12H,2H2,1H3/b10-6+,11-7+,14-12+. The van der Waals surface area contributed by atoms with E-state index in [1.54, 1.807) is 6.08 Å². The lowest BCUT2D eigenvalue weighted by atomic mass is 10.2. The van der Waals surface area contributed by atoms with Gasteiger partial charge >= 0.3 is 12.1 Å². The van der Waals surface area contributed by atoms with Crippen LogP contribution in [-0.4, -0.2) is 18.8 Å². The number of halogens is 3. The average molecular weight is 296 g/mol. The molecule has 0 aliphatic rings. The van der Waals surface area contributed by atoms with Crippen molar-refractivity contribution in [3.63, 3.8) is 0 Å². The van der Waals surface area contributed by atoms with Crippen molar-refractivity contribution in [2.24, 2.45) is 0 Å². The summed E-state index contributed by atoms with van der Waals surface area (Å²) in [5.41, 5.74) is -0.191. The predicted molar refractivity (Wildman–Crippen MR) is 75.4 cm³/mol. The maximum Gasteiger partial charge on any atom is 0.416 e. The highest BCUT2D eigenvalue weighted by Crippen LogP contribution is 2.26. The van der Waals surface area contributed by atoms with Crippen LogP contribution in [0.3, 0.4) is 0 Å². The maximum atomic E-state index is 12.7. The van der Waals surface area contributed by atoms with Crippen molar-refractivity contribution >= 4 is 12.0 Å². The van der Waals surface area contributed by atoms with Gasteiger partial charge in [0.25, 0.3) is 0 Å². The topological polar surface area (TPSA) is 26.3 Å². The Morgan fingerprint density at radius 3 is 2.43 bits per heavy atom. The van der Waals surface area contributed by atoms with Crippen molar-refractivity contribution in [3.8, 4) is 0 Å². The molecule has 1 aromatic rings. The summed E-state index contributed by atoms with van der Waals surface area (Å²) in [5, 5.41) is 0. The molecule has 0 bridgehead atoms. The van der Waals surface area contributed by atoms with Gasteiger partial charge in [-0.05, 0) is 18.6 Å². The van der Waals surface area contributed by atoms with Crippen LogP contribution < -0.4 is 0 Å². The lowest BCUT2D eigenvalue weighted by Gasteiger charge is -2.06. The van der Waals surface area contributed by atoms with E-state index < -0.39 is 17.7 Å². The first-order valence-corrected chi connectivity index (χ1v) is 6.29. The van der Waals surface area contributed by atoms with Gasteiger partial charge in [0.05, 0.1) is 12.2 Å². The Kier molecular flexibility index (Phi) is 6.46. The van der Waals surface area contributed by atoms with E-state index in [4.69, 9.17) is 0 Å². The minimum atomic E-state index is -4.61. The van der Waals surface area contributed by atoms with Crippen molar-refractivity contribution in [2.75, 3.05) is 6.61 Å². The first-order valence-electron chi connectivity index (χ1n) is 6.29. The molecule has 1 rings (SSSR count). The van der Waals surface area contributed by atoms with Crippen LogP contribution in [0.4, 0.5) is 13.2 Å². The highest BCUT2D eigenvalue weighted by atomic mass is 19.4. The number of carbonyl (C=O) groups is 1. The third-order valence-electron chi connectivity index (χ3n) is 2.36. The maximum absolute atomic E-state index is 12.7. The fraction of sp³-hybridized carbons (Fsp3) is 0.188. The molecule has 0 saturated heterocycles. The van der Waals surface area contributed by atoms with Gasteiger partial charge in [-0.1, -0.05) is 48.6 Å². The molecular formula is C16H15F3O2. The van der Waals surface area contributed by atoms with Crippen LogP contribution in [-0.2, 0) is 9.53 Å². The smallest absolute Gasteiger partial charge is 0.416 e. The number of hydrogen-bond acceptors (Lipinski definition) is 2. The zero-order valence-electron chi connectivity index (χ0n) is 11.4. The summed E-state index contributed by atoms with van der Waals surface area (Å²) >= 11 is 0. The number of alkyl halides is 3. The predicted octanol–water partition coefficient (Wildman–Crippen LogP) is 4.31. The Labute approximate surface area is 121 Å². The summed E-state index contributed by atoms with van der Waals surface area (Å²) in [5.74, 6) is -1.01. The van der Waals surface area contributed by atoms with E-state index in [2.05, 4.69) is 4.74 Å². The van der Waals surface area contributed by atoms with Gasteiger partial charge in [0, 0.05) is 6.08 Å². The molecule has 5 heteroatoms. The third kappa shape index (κ3) is 6.61. The first-order chi connectivity index (χ1) is 9.93. The van der Waals surface area contributed by atoms with E-state index in [-0.39, 0.29) is 6.61 Å². The van der Waals surface area contributed by atoms with Gasteiger partial charge in [0.15, 0.2) is 0 Å². The number of carbonyl (C=O) groups excluding carboxylic acids is 1. The normalized spacial score (nSPS) is 13.0. The minimum Gasteiger partial charge on any atom is -0.463 e. The molecule has 0 spiro atoms. The van der Waals surface area contributed by atoms with Crippen LogP contribution in [0.15, 0.2) is 60.2 Å². The summed E-state index contributed by atoms with van der Waals surface area (Å²) < 4.78 is 42.6. The second kappa shape index (κ2) is 8.09. The van der Waals surface area contributed by atoms with Crippen LogP contribution in [0.1, 0.15) is 12.5 Å². The molecule has 0 amide bonds. The molecule has 2 nitrogen and oxygen atoms in total. The van der Waals surface area contributed by atoms with E-state index in [1.807, 2.05) is 30.3 Å². The number of esters is 1. The molecule has 0 aliphatic carbocycles. The molecule has 0 unspecified atom stereocenters. The number of hydrogen-bond donors (Lipinski definition) is 0. The summed E-state index contributed by atoms with van der Waals surface area (Å²) in [7, 11) is 0. The lowest BCUT2D eigenvalue weighted by Crippen LogP contribution is -2.13. The van der Waals surface area contributed by atoms with Crippen molar-refractivity contribution in [1.29, 1.82) is 0 Å². The highest BCUT2D eigenvalue weighted by Gasteiger charge is 2.32. The average Bonchev–Trinajstić information content (AvgIpc) is 2.42. The Balaban J connectivity index is 2.80. The SMILES string of the molecule is CCOC(=O)\C=C(/C=C/C=C/c1ccccc1)C(F)(F)F. The van der Waals surface area contributed by atoms with Crippen molar-refractivity contribution in [3.05, 3.63) is 65.8 Å². The first kappa shape index (κ1) is 16.8. The van der Waals surface area contributed by atoms with Crippen LogP contribution in [0.5, 0.6) is 0 Å². The van der Waals surface area contributed by atoms with E-state index >= 15 is 0 Å². The van der Waals surface area contributed by atoms with Gasteiger partial charge in [0.1, 0.15) is 0 Å². The number of allylic oxidation sites excluding steroid dienone is 4. The van der Waals surface area contributed by atoms with Gasteiger partial charge < -0.3 is 4.74 Å². The summed E-state index contributed by atoms with van der Waals surface area (Å²) in [6, 6.07) is 9.14. The van der Waals surface area contributed by atoms with Crippen LogP contribution >= 0.6 is 0 Å². The van der Waals surface area contributed by atoms with Gasteiger partial charge in [-0.2, -0.15) is 13.2 Å². The second-order valence-electron chi connectivity index (χ2n) is 3.98. The van der Waals surface area contributed by atoms with Gasteiger partial charge in [-0.15, -0.1) is 0 Å². The summed E-state index contributed by atoms with van der Waals surface area (Å²) in [4.78, 5) is 11.1. The molecule has 0 heterocycles. The molecule has 0 aromatic heterocycles. The van der Waals surface area contributed by atoms with E-state index in [1.165, 1.54) is 19.1 Å². The Morgan fingerprint density at radius 2 is 1.86 bits per heavy atom. The molecule has 0 fully saturated rings. The molecule has 21 heavy (non-hydrogen) atoms. The monoisotopic (exact) mass is 296 g/mol. The Hall–Kier alpha value is -2.30.